The Bertz CT molecular complexity index is 521. The lowest BCUT2D eigenvalue weighted by molar-refractivity contribution is -0.130. The molecule has 6 heteroatoms. The molecule has 2 N–H and O–H groups in total. The van der Waals surface area contributed by atoms with Gasteiger partial charge in [-0.2, -0.15) is 0 Å². The van der Waals surface area contributed by atoms with Crippen LogP contribution in [-0.4, -0.2) is 28.4 Å². The molecule has 102 valence electrons. The van der Waals surface area contributed by atoms with E-state index in [1.54, 1.807) is 4.90 Å². The number of nitrogens with two attached hydrogens (primary N) is 1. The third-order valence-corrected chi connectivity index (χ3v) is 3.51. The molecule has 2 rings (SSSR count). The molecule has 1 unspecified atom stereocenters. The van der Waals surface area contributed by atoms with Crippen molar-refractivity contribution in [1.29, 1.82) is 0 Å². The number of hydrogen-bond acceptors (Lipinski definition) is 2. The van der Waals surface area contributed by atoms with Crippen LogP contribution in [0.4, 0.5) is 8.78 Å². The molecule has 1 aliphatic rings. The number of benzene rings is 1. The minimum atomic E-state index is -0.947. The van der Waals surface area contributed by atoms with Gasteiger partial charge < -0.3 is 10.6 Å². The maximum absolute atomic E-state index is 13.1. The topological polar surface area (TPSA) is 46.3 Å². The van der Waals surface area contributed by atoms with E-state index in [0.29, 0.717) is 17.1 Å². The highest BCUT2D eigenvalue weighted by Gasteiger charge is 2.30. The van der Waals surface area contributed by atoms with Gasteiger partial charge in [-0.05, 0) is 30.5 Å². The Kier molecular flexibility index (Phi) is 4.09. The van der Waals surface area contributed by atoms with Gasteiger partial charge in [-0.3, -0.25) is 4.79 Å². The second-order valence-electron chi connectivity index (χ2n) is 4.57. The molecule has 3 nitrogen and oxygen atoms in total. The van der Waals surface area contributed by atoms with Gasteiger partial charge in [-0.1, -0.05) is 18.3 Å². The Hall–Kier alpha value is -1.56. The molecule has 1 fully saturated rings. The van der Waals surface area contributed by atoms with Crippen molar-refractivity contribution in [2.75, 3.05) is 6.54 Å². The number of rotatable bonds is 3. The lowest BCUT2D eigenvalue weighted by Gasteiger charge is -2.23. The molecule has 1 aromatic carbocycles. The maximum atomic E-state index is 13.1. The van der Waals surface area contributed by atoms with Crippen LogP contribution in [0.25, 0.3) is 0 Å². The third kappa shape index (κ3) is 3.07. The molecule has 19 heavy (non-hydrogen) atoms. The smallest absolute Gasteiger partial charge is 0.227 e. The fraction of sp³-hybridized carbons (Fsp3) is 0.385. The molecule has 1 aliphatic heterocycles. The first-order valence-corrected chi connectivity index (χ1v) is 6.42. The van der Waals surface area contributed by atoms with Gasteiger partial charge in [0.15, 0.2) is 11.6 Å². The quantitative estimate of drug-likeness (QED) is 0.861. The highest BCUT2D eigenvalue weighted by molar-refractivity contribution is 7.80. The van der Waals surface area contributed by atoms with Crippen LogP contribution in [0.5, 0.6) is 0 Å². The summed E-state index contributed by atoms with van der Waals surface area (Å²) in [6, 6.07) is 3.25. The zero-order valence-corrected chi connectivity index (χ0v) is 11.1. The summed E-state index contributed by atoms with van der Waals surface area (Å²) in [4.78, 5) is 14.0. The van der Waals surface area contributed by atoms with Crippen LogP contribution < -0.4 is 5.73 Å². The Morgan fingerprint density at radius 3 is 2.79 bits per heavy atom. The first-order valence-electron chi connectivity index (χ1n) is 6.01. The van der Waals surface area contributed by atoms with Gasteiger partial charge in [-0.25, -0.2) is 8.78 Å². The summed E-state index contributed by atoms with van der Waals surface area (Å²) < 4.78 is 25.9. The molecule has 0 spiro atoms. The first-order chi connectivity index (χ1) is 8.99. The molecule has 1 amide bonds. The number of amides is 1. The molecule has 0 saturated carbocycles. The van der Waals surface area contributed by atoms with E-state index in [1.807, 2.05) is 0 Å². The summed E-state index contributed by atoms with van der Waals surface area (Å²) in [5.41, 5.74) is 6.03. The van der Waals surface area contributed by atoms with Crippen molar-refractivity contribution in [1.82, 2.24) is 4.90 Å². The van der Waals surface area contributed by atoms with Gasteiger partial charge in [0.1, 0.15) is 0 Å². The normalized spacial score (nSPS) is 18.6. The molecule has 1 aromatic rings. The number of carbonyl (C=O) groups is 1. The van der Waals surface area contributed by atoms with Crippen molar-refractivity contribution in [3.05, 3.63) is 35.4 Å². The first kappa shape index (κ1) is 13.9. The second-order valence-corrected chi connectivity index (χ2v) is 5.04. The van der Waals surface area contributed by atoms with E-state index in [1.165, 1.54) is 6.07 Å². The molecule has 0 radical (unpaired) electrons. The molecule has 1 heterocycles. The molecule has 0 bridgehead atoms. The summed E-state index contributed by atoms with van der Waals surface area (Å²) in [5.74, 6) is -2.03. The van der Waals surface area contributed by atoms with Crippen LogP contribution >= 0.6 is 12.2 Å². The van der Waals surface area contributed by atoms with Crippen LogP contribution in [0, 0.1) is 11.6 Å². The third-order valence-electron chi connectivity index (χ3n) is 3.24. The van der Waals surface area contributed by atoms with Crippen molar-refractivity contribution >= 4 is 23.1 Å². The number of hydrogen-bond donors (Lipinski definition) is 1. The fourth-order valence-electron chi connectivity index (χ4n) is 2.29. The number of thiocarbonyl (C=S) groups is 1. The van der Waals surface area contributed by atoms with Crippen LogP contribution in [0.1, 0.15) is 18.4 Å². The van der Waals surface area contributed by atoms with E-state index in [4.69, 9.17) is 18.0 Å². The highest BCUT2D eigenvalue weighted by atomic mass is 32.1. The lowest BCUT2D eigenvalue weighted by Crippen LogP contribution is -2.43. The van der Waals surface area contributed by atoms with E-state index in [-0.39, 0.29) is 18.4 Å². The summed E-state index contributed by atoms with van der Waals surface area (Å²) in [5, 5.41) is 0. The Labute approximate surface area is 115 Å². The predicted octanol–water partition coefficient (Wildman–Crippen LogP) is 1.78. The average Bonchev–Trinajstić information content (AvgIpc) is 2.83. The van der Waals surface area contributed by atoms with Crippen LogP contribution in [0.3, 0.4) is 0 Å². The van der Waals surface area contributed by atoms with E-state index in [2.05, 4.69) is 0 Å². The Morgan fingerprint density at radius 2 is 2.16 bits per heavy atom. The fourth-order valence-corrected chi connectivity index (χ4v) is 2.53. The number of carbonyl (C=O) groups excluding carboxylic acids is 1. The van der Waals surface area contributed by atoms with Gasteiger partial charge in [0, 0.05) is 6.54 Å². The van der Waals surface area contributed by atoms with E-state index >= 15 is 0 Å². The zero-order valence-electron chi connectivity index (χ0n) is 10.2. The maximum Gasteiger partial charge on any atom is 0.227 e. The molecule has 1 atom stereocenters. The minimum Gasteiger partial charge on any atom is -0.392 e. The largest absolute Gasteiger partial charge is 0.392 e. The van der Waals surface area contributed by atoms with Crippen LogP contribution in [-0.2, 0) is 11.2 Å². The SMILES string of the molecule is NC(=S)C1CCCN1C(=O)Cc1ccc(F)c(F)c1. The molecular weight excluding hydrogens is 270 g/mol. The number of nitrogens with zero attached hydrogens (tertiary/aromatic N) is 1. The Morgan fingerprint density at radius 1 is 1.42 bits per heavy atom. The predicted molar refractivity (Wildman–Crippen MR) is 71.6 cm³/mol. The van der Waals surface area contributed by atoms with Gasteiger partial charge in [0.05, 0.1) is 17.5 Å². The van der Waals surface area contributed by atoms with E-state index < -0.39 is 11.6 Å². The van der Waals surface area contributed by atoms with Gasteiger partial charge in [0.25, 0.3) is 0 Å². The summed E-state index contributed by atoms with van der Waals surface area (Å²) >= 11 is 4.93. The molecule has 1 saturated heterocycles. The van der Waals surface area contributed by atoms with Crippen LogP contribution in [0.15, 0.2) is 18.2 Å². The van der Waals surface area contributed by atoms with E-state index in [0.717, 1.165) is 25.0 Å². The van der Waals surface area contributed by atoms with Gasteiger partial charge >= 0.3 is 0 Å². The van der Waals surface area contributed by atoms with Crippen LogP contribution in [0.2, 0.25) is 0 Å². The molecule has 0 aliphatic carbocycles. The lowest BCUT2D eigenvalue weighted by atomic mass is 10.1. The van der Waals surface area contributed by atoms with Crippen molar-refractivity contribution in [3.8, 4) is 0 Å². The average molecular weight is 284 g/mol. The van der Waals surface area contributed by atoms with Gasteiger partial charge in [-0.15, -0.1) is 0 Å². The molecular formula is C13H14F2N2OS. The summed E-state index contributed by atoms with van der Waals surface area (Å²) in [6.45, 7) is 0.602. The Balaban J connectivity index is 2.08. The zero-order chi connectivity index (χ0) is 14.0. The van der Waals surface area contributed by atoms with Crippen molar-refractivity contribution in [3.63, 3.8) is 0 Å². The molecule has 0 aromatic heterocycles. The van der Waals surface area contributed by atoms with Crippen molar-refractivity contribution in [2.24, 2.45) is 5.73 Å². The van der Waals surface area contributed by atoms with E-state index in [9.17, 15) is 13.6 Å². The summed E-state index contributed by atoms with van der Waals surface area (Å²) in [6.07, 6.45) is 1.64. The van der Waals surface area contributed by atoms with Gasteiger partial charge in [0.2, 0.25) is 5.91 Å². The van der Waals surface area contributed by atoms with Crippen molar-refractivity contribution in [2.45, 2.75) is 25.3 Å². The van der Waals surface area contributed by atoms with Crippen molar-refractivity contribution < 1.29 is 13.6 Å². The minimum absolute atomic E-state index is 0.0241. The number of halogens is 2. The second kappa shape index (κ2) is 5.61. The number of likely N-dealkylation sites (tertiary alicyclic amines) is 1. The summed E-state index contributed by atoms with van der Waals surface area (Å²) in [7, 11) is 0. The highest BCUT2D eigenvalue weighted by Crippen LogP contribution is 2.19. The standard InChI is InChI=1S/C13H14F2N2OS/c14-9-4-3-8(6-10(9)15)7-12(18)17-5-1-2-11(17)13(16)19/h3-4,6,11H,1-2,5,7H2,(H2,16,19). The monoisotopic (exact) mass is 284 g/mol.